The maximum atomic E-state index is 13.1. The first-order valence-electron chi connectivity index (χ1n) is 11.4. The van der Waals surface area contributed by atoms with Crippen LogP contribution in [0.5, 0.6) is 0 Å². The van der Waals surface area contributed by atoms with E-state index in [1.807, 2.05) is 66.7 Å². The summed E-state index contributed by atoms with van der Waals surface area (Å²) in [5, 5.41) is 4.67. The van der Waals surface area contributed by atoms with Crippen LogP contribution < -0.4 is 10.2 Å². The van der Waals surface area contributed by atoms with E-state index in [4.69, 9.17) is 0 Å². The van der Waals surface area contributed by atoms with Crippen molar-refractivity contribution in [1.29, 1.82) is 0 Å². The van der Waals surface area contributed by atoms with E-state index in [2.05, 4.69) is 5.32 Å². The monoisotopic (exact) mass is 443 g/mol. The van der Waals surface area contributed by atoms with E-state index < -0.39 is 6.04 Å². The molecule has 4 rings (SSSR count). The third kappa shape index (κ3) is 4.60. The molecule has 0 bridgehead atoms. The third-order valence-corrected chi connectivity index (χ3v) is 6.32. The summed E-state index contributed by atoms with van der Waals surface area (Å²) in [6, 6.07) is 21.1. The fourth-order valence-electron chi connectivity index (χ4n) is 4.51. The summed E-state index contributed by atoms with van der Waals surface area (Å²) < 4.78 is 0. The Morgan fingerprint density at radius 1 is 1.00 bits per heavy atom. The first-order valence-corrected chi connectivity index (χ1v) is 11.4. The summed E-state index contributed by atoms with van der Waals surface area (Å²) >= 11 is 0. The molecule has 170 valence electrons. The molecule has 1 aliphatic heterocycles. The molecule has 0 unspecified atom stereocenters. The van der Waals surface area contributed by atoms with Crippen molar-refractivity contribution in [2.45, 2.75) is 32.2 Å². The van der Waals surface area contributed by atoms with Gasteiger partial charge in [0.25, 0.3) is 5.91 Å². The van der Waals surface area contributed by atoms with Crippen molar-refractivity contribution in [2.24, 2.45) is 0 Å². The van der Waals surface area contributed by atoms with Gasteiger partial charge in [0.2, 0.25) is 11.8 Å². The van der Waals surface area contributed by atoms with Crippen LogP contribution in [0, 0.1) is 0 Å². The Labute approximate surface area is 194 Å². The standard InChI is InChI=1S/C27H29N3O3/c1-19(26(32)28-2)29(18-16-20-9-4-3-5-10-20)24(31)15-8-17-30-23-14-7-12-21-11-6-13-22(25(21)23)27(30)33/h3-7,9-14,19H,8,15-18H2,1-2H3,(H,28,32)/t19-/m1/s1. The number of hydrogen-bond donors (Lipinski definition) is 1. The Balaban J connectivity index is 1.41. The van der Waals surface area contributed by atoms with Crippen molar-refractivity contribution < 1.29 is 14.4 Å². The summed E-state index contributed by atoms with van der Waals surface area (Å²) in [6.07, 6.45) is 1.47. The molecule has 1 N–H and O–H groups in total. The molecule has 0 aliphatic carbocycles. The van der Waals surface area contributed by atoms with Crippen LogP contribution in [-0.2, 0) is 16.0 Å². The number of amides is 3. The highest BCUT2D eigenvalue weighted by molar-refractivity contribution is 6.25. The minimum atomic E-state index is -0.558. The molecule has 3 aromatic carbocycles. The van der Waals surface area contributed by atoms with E-state index >= 15 is 0 Å². The second kappa shape index (κ2) is 9.86. The maximum Gasteiger partial charge on any atom is 0.258 e. The molecule has 1 heterocycles. The van der Waals surface area contributed by atoms with Gasteiger partial charge < -0.3 is 15.1 Å². The molecule has 3 amide bonds. The zero-order valence-electron chi connectivity index (χ0n) is 19.1. The fourth-order valence-corrected chi connectivity index (χ4v) is 4.51. The lowest BCUT2D eigenvalue weighted by Crippen LogP contribution is -2.48. The second-order valence-electron chi connectivity index (χ2n) is 8.35. The number of rotatable bonds is 9. The fraction of sp³-hybridized carbons (Fsp3) is 0.296. The Kier molecular flexibility index (Phi) is 6.73. The Hall–Kier alpha value is -3.67. The van der Waals surface area contributed by atoms with Gasteiger partial charge in [0.05, 0.1) is 5.69 Å². The highest BCUT2D eigenvalue weighted by Crippen LogP contribution is 2.37. The summed E-state index contributed by atoms with van der Waals surface area (Å²) in [4.78, 5) is 41.8. The van der Waals surface area contributed by atoms with E-state index in [0.717, 1.165) is 22.0 Å². The highest BCUT2D eigenvalue weighted by Gasteiger charge is 2.30. The first kappa shape index (κ1) is 22.5. The van der Waals surface area contributed by atoms with E-state index in [1.165, 1.54) is 0 Å². The molecular weight excluding hydrogens is 414 g/mol. The van der Waals surface area contributed by atoms with E-state index in [-0.39, 0.29) is 24.1 Å². The number of likely N-dealkylation sites (N-methyl/N-ethyl adjacent to an activating group) is 1. The molecule has 3 aromatic rings. The van der Waals surface area contributed by atoms with Gasteiger partial charge in [-0.3, -0.25) is 14.4 Å². The average molecular weight is 444 g/mol. The van der Waals surface area contributed by atoms with Crippen LogP contribution >= 0.6 is 0 Å². The number of nitrogens with one attached hydrogen (secondary N) is 1. The maximum absolute atomic E-state index is 13.1. The zero-order chi connectivity index (χ0) is 23.4. The normalized spacial score (nSPS) is 13.3. The largest absolute Gasteiger partial charge is 0.357 e. The topological polar surface area (TPSA) is 69.7 Å². The highest BCUT2D eigenvalue weighted by atomic mass is 16.2. The van der Waals surface area contributed by atoms with Crippen LogP contribution in [0.4, 0.5) is 5.69 Å². The molecule has 6 nitrogen and oxygen atoms in total. The smallest absolute Gasteiger partial charge is 0.258 e. The molecule has 6 heteroatoms. The van der Waals surface area contributed by atoms with Crippen molar-refractivity contribution in [2.75, 3.05) is 25.0 Å². The molecule has 33 heavy (non-hydrogen) atoms. The average Bonchev–Trinajstić information content (AvgIpc) is 3.12. The molecule has 1 atom stereocenters. The van der Waals surface area contributed by atoms with Gasteiger partial charge in [0.15, 0.2) is 0 Å². The predicted octanol–water partition coefficient (Wildman–Crippen LogP) is 3.79. The number of carbonyl (C=O) groups excluding carboxylic acids is 3. The van der Waals surface area contributed by atoms with E-state index in [0.29, 0.717) is 31.5 Å². The molecular formula is C27H29N3O3. The predicted molar refractivity (Wildman–Crippen MR) is 130 cm³/mol. The Bertz CT molecular complexity index is 1170. The van der Waals surface area contributed by atoms with Gasteiger partial charge in [-0.05, 0) is 42.8 Å². The summed E-state index contributed by atoms with van der Waals surface area (Å²) in [5.41, 5.74) is 2.74. The van der Waals surface area contributed by atoms with Crippen LogP contribution in [0.2, 0.25) is 0 Å². The SMILES string of the molecule is CNC(=O)[C@@H](C)N(CCc1ccccc1)C(=O)CCCN1C(=O)c2cccc3cccc1c23. The molecule has 0 fully saturated rings. The third-order valence-electron chi connectivity index (χ3n) is 6.32. The summed E-state index contributed by atoms with van der Waals surface area (Å²) in [5.74, 6) is -0.286. The van der Waals surface area contributed by atoms with Gasteiger partial charge >= 0.3 is 0 Å². The van der Waals surface area contributed by atoms with Crippen LogP contribution in [0.1, 0.15) is 35.7 Å². The van der Waals surface area contributed by atoms with Gasteiger partial charge in [-0.25, -0.2) is 0 Å². The number of anilines is 1. The molecule has 0 spiro atoms. The zero-order valence-corrected chi connectivity index (χ0v) is 19.1. The molecule has 0 radical (unpaired) electrons. The number of benzene rings is 3. The van der Waals surface area contributed by atoms with Crippen LogP contribution in [-0.4, -0.2) is 48.8 Å². The minimum absolute atomic E-state index is 0.0195. The Morgan fingerprint density at radius 3 is 2.45 bits per heavy atom. The quantitative estimate of drug-likeness (QED) is 0.547. The van der Waals surface area contributed by atoms with Gasteiger partial charge in [-0.15, -0.1) is 0 Å². The van der Waals surface area contributed by atoms with Gasteiger partial charge in [0.1, 0.15) is 6.04 Å². The van der Waals surface area contributed by atoms with Crippen LogP contribution in [0.3, 0.4) is 0 Å². The van der Waals surface area contributed by atoms with Crippen LogP contribution in [0.25, 0.3) is 10.8 Å². The molecule has 0 saturated heterocycles. The van der Waals surface area contributed by atoms with Crippen LogP contribution in [0.15, 0.2) is 66.7 Å². The van der Waals surface area contributed by atoms with Crippen molar-refractivity contribution in [3.63, 3.8) is 0 Å². The van der Waals surface area contributed by atoms with Gasteiger partial charge in [-0.1, -0.05) is 54.6 Å². The van der Waals surface area contributed by atoms with Crippen molar-refractivity contribution >= 4 is 34.2 Å². The number of nitrogens with zero attached hydrogens (tertiary/aromatic N) is 2. The molecule has 0 saturated carbocycles. The minimum Gasteiger partial charge on any atom is -0.357 e. The molecule has 0 aromatic heterocycles. The van der Waals surface area contributed by atoms with Crippen molar-refractivity contribution in [1.82, 2.24) is 10.2 Å². The van der Waals surface area contributed by atoms with Gasteiger partial charge in [-0.2, -0.15) is 0 Å². The lowest BCUT2D eigenvalue weighted by molar-refractivity contribution is -0.139. The molecule has 1 aliphatic rings. The van der Waals surface area contributed by atoms with Crippen molar-refractivity contribution in [3.8, 4) is 0 Å². The second-order valence-corrected chi connectivity index (χ2v) is 8.35. The lowest BCUT2D eigenvalue weighted by atomic mass is 10.1. The van der Waals surface area contributed by atoms with Gasteiger partial charge in [0, 0.05) is 37.5 Å². The number of hydrogen-bond acceptors (Lipinski definition) is 3. The van der Waals surface area contributed by atoms with Crippen molar-refractivity contribution in [3.05, 3.63) is 77.9 Å². The summed E-state index contributed by atoms with van der Waals surface area (Å²) in [7, 11) is 1.58. The van der Waals surface area contributed by atoms with E-state index in [9.17, 15) is 14.4 Å². The Morgan fingerprint density at radius 2 is 1.73 bits per heavy atom. The number of carbonyl (C=O) groups is 3. The lowest BCUT2D eigenvalue weighted by Gasteiger charge is -2.28. The summed E-state index contributed by atoms with van der Waals surface area (Å²) in [6.45, 7) is 2.67. The van der Waals surface area contributed by atoms with E-state index in [1.54, 1.807) is 23.8 Å². The first-order chi connectivity index (χ1) is 16.0.